The molecule has 1 heterocycles. The van der Waals surface area contributed by atoms with Crippen LogP contribution in [-0.4, -0.2) is 32.0 Å². The zero-order valence-electron chi connectivity index (χ0n) is 20.6. The normalized spacial score (nSPS) is 27.7. The molecule has 184 valence electrons. The minimum absolute atomic E-state index is 0.0327. The van der Waals surface area contributed by atoms with Gasteiger partial charge in [0.15, 0.2) is 0 Å². The molecule has 0 bridgehead atoms. The number of rotatable bonds is 11. The molecule has 1 aliphatic heterocycles. The van der Waals surface area contributed by atoms with Crippen molar-refractivity contribution < 1.29 is 18.9 Å². The molecular formula is C31H36O4. The number of benzene rings is 3. The number of fused-ring (bicyclic) bond motifs is 1. The van der Waals surface area contributed by atoms with E-state index in [1.54, 1.807) is 0 Å². The zero-order valence-corrected chi connectivity index (χ0v) is 20.6. The van der Waals surface area contributed by atoms with Gasteiger partial charge < -0.3 is 18.9 Å². The van der Waals surface area contributed by atoms with Crippen molar-refractivity contribution in [3.8, 4) is 0 Å². The van der Waals surface area contributed by atoms with Crippen LogP contribution < -0.4 is 0 Å². The first-order valence-electron chi connectivity index (χ1n) is 12.7. The van der Waals surface area contributed by atoms with E-state index in [1.165, 1.54) is 16.7 Å². The lowest BCUT2D eigenvalue weighted by Crippen LogP contribution is -2.62. The first kappa shape index (κ1) is 24.2. The van der Waals surface area contributed by atoms with E-state index in [-0.39, 0.29) is 17.6 Å². The Bertz CT molecular complexity index is 1030. The zero-order chi connectivity index (χ0) is 23.9. The Morgan fingerprint density at radius 1 is 0.743 bits per heavy atom. The average Bonchev–Trinajstić information content (AvgIpc) is 2.88. The molecule has 2 fully saturated rings. The molecule has 0 amide bonds. The number of hydrogen-bond acceptors (Lipinski definition) is 4. The molecule has 2 aliphatic rings. The Kier molecular flexibility index (Phi) is 7.95. The number of hydrogen-bond donors (Lipinski definition) is 0. The van der Waals surface area contributed by atoms with E-state index in [4.69, 9.17) is 18.9 Å². The molecule has 5 rings (SSSR count). The lowest BCUT2D eigenvalue weighted by molar-refractivity contribution is -0.255. The highest BCUT2D eigenvalue weighted by molar-refractivity contribution is 5.15. The second-order valence-electron chi connectivity index (χ2n) is 10.1. The predicted molar refractivity (Wildman–Crippen MR) is 137 cm³/mol. The fraction of sp³-hybridized carbons (Fsp3) is 0.419. The Balaban J connectivity index is 1.30. The summed E-state index contributed by atoms with van der Waals surface area (Å²) >= 11 is 0. The average molecular weight is 473 g/mol. The van der Waals surface area contributed by atoms with Gasteiger partial charge in [-0.2, -0.15) is 0 Å². The Hall–Kier alpha value is -2.50. The van der Waals surface area contributed by atoms with Crippen LogP contribution in [0.15, 0.2) is 91.0 Å². The molecule has 0 unspecified atom stereocenters. The van der Waals surface area contributed by atoms with Gasteiger partial charge in [-0.3, -0.25) is 0 Å². The van der Waals surface area contributed by atoms with E-state index in [0.717, 1.165) is 13.0 Å². The van der Waals surface area contributed by atoms with Crippen molar-refractivity contribution in [1.29, 1.82) is 0 Å². The maximum atomic E-state index is 6.62. The molecule has 0 radical (unpaired) electrons. The van der Waals surface area contributed by atoms with E-state index < -0.39 is 0 Å². The summed E-state index contributed by atoms with van der Waals surface area (Å²) in [5.74, 6) is 0.780. The summed E-state index contributed by atoms with van der Waals surface area (Å²) in [5.41, 5.74) is 3.40. The second kappa shape index (κ2) is 11.5. The second-order valence-corrected chi connectivity index (χ2v) is 10.1. The van der Waals surface area contributed by atoms with Crippen LogP contribution in [-0.2, 0) is 38.8 Å². The fourth-order valence-electron chi connectivity index (χ4n) is 5.55. The summed E-state index contributed by atoms with van der Waals surface area (Å²) in [6.45, 7) is 6.24. The summed E-state index contributed by atoms with van der Waals surface area (Å²) in [7, 11) is 0. The predicted octanol–water partition coefficient (Wildman–Crippen LogP) is 6.05. The highest BCUT2D eigenvalue weighted by Gasteiger charge is 2.56. The van der Waals surface area contributed by atoms with Crippen molar-refractivity contribution in [2.45, 2.75) is 45.4 Å². The maximum absolute atomic E-state index is 6.62. The van der Waals surface area contributed by atoms with Crippen LogP contribution in [0.4, 0.5) is 0 Å². The summed E-state index contributed by atoms with van der Waals surface area (Å²) in [5, 5.41) is 0. The van der Waals surface area contributed by atoms with E-state index in [0.29, 0.717) is 44.9 Å². The topological polar surface area (TPSA) is 36.9 Å². The first-order valence-corrected chi connectivity index (χ1v) is 12.7. The van der Waals surface area contributed by atoms with Crippen LogP contribution in [0.25, 0.3) is 0 Å². The van der Waals surface area contributed by atoms with Crippen molar-refractivity contribution in [3.05, 3.63) is 108 Å². The van der Waals surface area contributed by atoms with Crippen molar-refractivity contribution in [3.63, 3.8) is 0 Å². The quantitative estimate of drug-likeness (QED) is 0.341. The lowest BCUT2D eigenvalue weighted by atomic mass is 9.59. The molecule has 5 atom stereocenters. The minimum atomic E-state index is -0.175. The van der Waals surface area contributed by atoms with Crippen molar-refractivity contribution in [2.75, 3.05) is 19.8 Å². The van der Waals surface area contributed by atoms with Gasteiger partial charge in [0.1, 0.15) is 0 Å². The lowest BCUT2D eigenvalue weighted by Gasteiger charge is -2.57. The molecule has 3 aromatic carbocycles. The number of ether oxygens (including phenoxy) is 4. The van der Waals surface area contributed by atoms with Crippen LogP contribution in [0.1, 0.15) is 30.0 Å². The molecule has 1 saturated carbocycles. The molecular weight excluding hydrogens is 436 g/mol. The first-order chi connectivity index (χ1) is 17.2. The van der Waals surface area contributed by atoms with Gasteiger partial charge >= 0.3 is 0 Å². The summed E-state index contributed by atoms with van der Waals surface area (Å²) in [6, 6.07) is 31.2. The molecule has 3 aromatic rings. The SMILES string of the molecule is C[C@@]1(COCc2ccccc2)[C@@H](OCc2ccccc2)C[C@H]2OC[C@H]2[C@@H]1COCc1ccccc1. The largest absolute Gasteiger partial charge is 0.377 e. The van der Waals surface area contributed by atoms with Crippen LogP contribution in [0, 0.1) is 17.3 Å². The Morgan fingerprint density at radius 2 is 1.29 bits per heavy atom. The third-order valence-electron chi connectivity index (χ3n) is 7.75. The van der Waals surface area contributed by atoms with E-state index >= 15 is 0 Å². The molecule has 0 spiro atoms. The fourth-order valence-corrected chi connectivity index (χ4v) is 5.55. The molecule has 4 nitrogen and oxygen atoms in total. The van der Waals surface area contributed by atoms with E-state index in [2.05, 4.69) is 79.7 Å². The van der Waals surface area contributed by atoms with Gasteiger partial charge in [0.2, 0.25) is 0 Å². The highest BCUT2D eigenvalue weighted by atomic mass is 16.5. The maximum Gasteiger partial charge on any atom is 0.0720 e. The van der Waals surface area contributed by atoms with Crippen LogP contribution >= 0.6 is 0 Å². The van der Waals surface area contributed by atoms with Gasteiger partial charge in [0, 0.05) is 17.8 Å². The third-order valence-corrected chi connectivity index (χ3v) is 7.75. The van der Waals surface area contributed by atoms with E-state index in [9.17, 15) is 0 Å². The smallest absolute Gasteiger partial charge is 0.0720 e. The van der Waals surface area contributed by atoms with Crippen molar-refractivity contribution >= 4 is 0 Å². The van der Waals surface area contributed by atoms with Gasteiger partial charge in [-0.15, -0.1) is 0 Å². The van der Waals surface area contributed by atoms with Crippen LogP contribution in [0.5, 0.6) is 0 Å². The third kappa shape index (κ3) is 5.84. The van der Waals surface area contributed by atoms with E-state index in [1.807, 2.05) is 18.2 Å². The van der Waals surface area contributed by atoms with Crippen molar-refractivity contribution in [2.24, 2.45) is 17.3 Å². The Morgan fingerprint density at radius 3 is 1.83 bits per heavy atom. The van der Waals surface area contributed by atoms with Crippen molar-refractivity contribution in [1.82, 2.24) is 0 Å². The van der Waals surface area contributed by atoms with Gasteiger partial charge in [0.05, 0.1) is 51.8 Å². The molecule has 0 N–H and O–H groups in total. The molecule has 4 heteroatoms. The van der Waals surface area contributed by atoms with Gasteiger partial charge in [-0.05, 0) is 22.6 Å². The minimum Gasteiger partial charge on any atom is -0.377 e. The molecule has 1 saturated heterocycles. The Labute approximate surface area is 209 Å². The molecule has 35 heavy (non-hydrogen) atoms. The monoisotopic (exact) mass is 472 g/mol. The van der Waals surface area contributed by atoms with Crippen LogP contribution in [0.2, 0.25) is 0 Å². The summed E-state index contributed by atoms with van der Waals surface area (Å²) in [6.07, 6.45) is 1.17. The molecule has 1 aliphatic carbocycles. The highest BCUT2D eigenvalue weighted by Crippen LogP contribution is 2.51. The summed E-state index contributed by atoms with van der Waals surface area (Å²) in [4.78, 5) is 0. The standard InChI is InChI=1S/C31H36O4/c1-31(23-33-19-25-13-7-3-8-14-25)28(22-32-18-24-11-5-2-6-12-24)27-21-34-29(27)17-30(31)35-20-26-15-9-4-10-16-26/h2-16,27-30H,17-23H2,1H3/t27-,28-,29+,30-,31-/m0/s1. The van der Waals surface area contributed by atoms with Crippen LogP contribution in [0.3, 0.4) is 0 Å². The van der Waals surface area contributed by atoms with Gasteiger partial charge in [-0.25, -0.2) is 0 Å². The van der Waals surface area contributed by atoms with Gasteiger partial charge in [0.25, 0.3) is 0 Å². The van der Waals surface area contributed by atoms with Gasteiger partial charge in [-0.1, -0.05) is 97.9 Å². The molecule has 0 aromatic heterocycles. The summed E-state index contributed by atoms with van der Waals surface area (Å²) < 4.78 is 25.3.